The Morgan fingerprint density at radius 1 is 1.10 bits per heavy atom. The summed E-state index contributed by atoms with van der Waals surface area (Å²) in [5.41, 5.74) is 2.35. The topological polar surface area (TPSA) is 29.5 Å². The van der Waals surface area contributed by atoms with Crippen molar-refractivity contribution in [3.05, 3.63) is 58.7 Å². The molecule has 0 saturated carbocycles. The van der Waals surface area contributed by atoms with E-state index in [4.69, 9.17) is 9.84 Å². The number of hydrogen-bond acceptors (Lipinski definition) is 2. The van der Waals surface area contributed by atoms with Crippen LogP contribution in [0.4, 0.5) is 8.78 Å². The van der Waals surface area contributed by atoms with Crippen LogP contribution in [0.15, 0.2) is 30.3 Å². The number of aliphatic hydroxyl groups is 1. The predicted octanol–water partition coefficient (Wildman–Crippen LogP) is 4.68. The molecule has 2 aromatic rings. The maximum atomic E-state index is 13.8. The van der Waals surface area contributed by atoms with Gasteiger partial charge in [-0.15, -0.1) is 0 Å². The fourth-order valence-corrected chi connectivity index (χ4v) is 2.28. The van der Waals surface area contributed by atoms with Gasteiger partial charge in [0, 0.05) is 0 Å². The summed E-state index contributed by atoms with van der Waals surface area (Å²) in [6.45, 7) is 5.67. The summed E-state index contributed by atoms with van der Waals surface area (Å²) in [7, 11) is 0. The predicted molar refractivity (Wildman–Crippen MR) is 77.6 cm³/mol. The number of hydrogen-bond donors (Lipinski definition) is 1. The Morgan fingerprint density at radius 3 is 2.19 bits per heavy atom. The standard InChI is InChI=1S/C17H18F2O2/c1-10(2)14-5-4-13(6-11(14)3)21-17-15(18)7-12(9-20)8-16(17)19/h4-8,10,20H,9H2,1-3H3. The second-order valence-corrected chi connectivity index (χ2v) is 5.32. The van der Waals surface area contributed by atoms with Gasteiger partial charge in [-0.2, -0.15) is 0 Å². The zero-order chi connectivity index (χ0) is 15.6. The lowest BCUT2D eigenvalue weighted by molar-refractivity contribution is 0.279. The summed E-state index contributed by atoms with van der Waals surface area (Å²) in [6.07, 6.45) is 0. The molecule has 0 bridgehead atoms. The van der Waals surface area contributed by atoms with Crippen LogP contribution >= 0.6 is 0 Å². The average molecular weight is 292 g/mol. The Bertz CT molecular complexity index is 628. The first-order chi connectivity index (χ1) is 9.92. The summed E-state index contributed by atoms with van der Waals surface area (Å²) in [4.78, 5) is 0. The van der Waals surface area contributed by atoms with Crippen LogP contribution in [0, 0.1) is 18.6 Å². The monoisotopic (exact) mass is 292 g/mol. The molecule has 0 fully saturated rings. The third kappa shape index (κ3) is 3.39. The van der Waals surface area contributed by atoms with Crippen molar-refractivity contribution in [3.63, 3.8) is 0 Å². The molecule has 21 heavy (non-hydrogen) atoms. The van der Waals surface area contributed by atoms with E-state index >= 15 is 0 Å². The van der Waals surface area contributed by atoms with Crippen molar-refractivity contribution in [1.29, 1.82) is 0 Å². The molecule has 0 radical (unpaired) electrons. The minimum atomic E-state index is -0.829. The van der Waals surface area contributed by atoms with Crippen LogP contribution in [0.3, 0.4) is 0 Å². The van der Waals surface area contributed by atoms with E-state index in [0.29, 0.717) is 11.7 Å². The summed E-state index contributed by atoms with van der Waals surface area (Å²) in [5.74, 6) is -1.36. The molecule has 112 valence electrons. The summed E-state index contributed by atoms with van der Waals surface area (Å²) in [6, 6.07) is 7.48. The van der Waals surface area contributed by atoms with Crippen molar-refractivity contribution in [3.8, 4) is 11.5 Å². The number of halogens is 2. The summed E-state index contributed by atoms with van der Waals surface area (Å²) in [5, 5.41) is 8.91. The van der Waals surface area contributed by atoms with Crippen molar-refractivity contribution in [1.82, 2.24) is 0 Å². The number of aryl methyl sites for hydroxylation is 1. The minimum absolute atomic E-state index is 0.170. The zero-order valence-electron chi connectivity index (χ0n) is 12.3. The minimum Gasteiger partial charge on any atom is -0.451 e. The Kier molecular flexibility index (Phi) is 4.58. The third-order valence-corrected chi connectivity index (χ3v) is 3.32. The highest BCUT2D eigenvalue weighted by Gasteiger charge is 2.14. The first-order valence-electron chi connectivity index (χ1n) is 6.79. The van der Waals surface area contributed by atoms with Crippen LogP contribution < -0.4 is 4.74 Å². The van der Waals surface area contributed by atoms with E-state index in [1.54, 1.807) is 12.1 Å². The van der Waals surface area contributed by atoms with Gasteiger partial charge in [-0.3, -0.25) is 0 Å². The van der Waals surface area contributed by atoms with Gasteiger partial charge in [-0.05, 0) is 53.8 Å². The second kappa shape index (κ2) is 6.22. The van der Waals surface area contributed by atoms with Crippen LogP contribution in [0.1, 0.15) is 36.5 Å². The van der Waals surface area contributed by atoms with E-state index in [0.717, 1.165) is 17.7 Å². The van der Waals surface area contributed by atoms with Gasteiger partial charge in [-0.1, -0.05) is 19.9 Å². The molecule has 0 unspecified atom stereocenters. The van der Waals surface area contributed by atoms with Crippen LogP contribution in [-0.4, -0.2) is 5.11 Å². The van der Waals surface area contributed by atoms with Crippen molar-refractivity contribution in [2.24, 2.45) is 0 Å². The second-order valence-electron chi connectivity index (χ2n) is 5.32. The smallest absolute Gasteiger partial charge is 0.198 e. The molecule has 0 atom stereocenters. The fourth-order valence-electron chi connectivity index (χ4n) is 2.28. The van der Waals surface area contributed by atoms with Gasteiger partial charge in [0.2, 0.25) is 0 Å². The van der Waals surface area contributed by atoms with Crippen molar-refractivity contribution >= 4 is 0 Å². The fraction of sp³-hybridized carbons (Fsp3) is 0.294. The molecule has 0 aliphatic carbocycles. The average Bonchev–Trinajstić information content (AvgIpc) is 2.42. The molecule has 2 rings (SSSR count). The maximum Gasteiger partial charge on any atom is 0.198 e. The van der Waals surface area contributed by atoms with E-state index in [1.807, 2.05) is 13.0 Å². The Hall–Kier alpha value is -1.94. The van der Waals surface area contributed by atoms with Gasteiger partial charge < -0.3 is 9.84 Å². The molecule has 0 spiro atoms. The first kappa shape index (κ1) is 15.4. The Morgan fingerprint density at radius 2 is 1.71 bits per heavy atom. The molecular formula is C17H18F2O2. The van der Waals surface area contributed by atoms with Crippen molar-refractivity contribution in [2.75, 3.05) is 0 Å². The number of ether oxygens (including phenoxy) is 1. The molecule has 0 aliphatic heterocycles. The molecule has 1 N–H and O–H groups in total. The van der Waals surface area contributed by atoms with Crippen LogP contribution in [0.2, 0.25) is 0 Å². The molecule has 0 aromatic heterocycles. The van der Waals surface area contributed by atoms with Gasteiger partial charge in [0.1, 0.15) is 5.75 Å². The lowest BCUT2D eigenvalue weighted by Gasteiger charge is -2.13. The molecule has 0 amide bonds. The van der Waals surface area contributed by atoms with Crippen molar-refractivity contribution < 1.29 is 18.6 Å². The van der Waals surface area contributed by atoms with Gasteiger partial charge in [0.15, 0.2) is 17.4 Å². The molecule has 0 heterocycles. The number of rotatable bonds is 4. The number of aliphatic hydroxyl groups excluding tert-OH is 1. The van der Waals surface area contributed by atoms with Crippen LogP contribution in [-0.2, 0) is 6.61 Å². The SMILES string of the molecule is Cc1cc(Oc2c(F)cc(CO)cc2F)ccc1C(C)C. The van der Waals surface area contributed by atoms with Gasteiger partial charge in [0.05, 0.1) is 6.61 Å². The lowest BCUT2D eigenvalue weighted by atomic mass is 9.98. The van der Waals surface area contributed by atoms with E-state index < -0.39 is 24.0 Å². The molecule has 0 aliphatic rings. The summed E-state index contributed by atoms with van der Waals surface area (Å²) < 4.78 is 33.0. The highest BCUT2D eigenvalue weighted by molar-refractivity contribution is 5.40. The zero-order valence-corrected chi connectivity index (χ0v) is 12.3. The lowest BCUT2D eigenvalue weighted by Crippen LogP contribution is -1.97. The first-order valence-corrected chi connectivity index (χ1v) is 6.79. The normalized spacial score (nSPS) is 11.0. The molecule has 2 aromatic carbocycles. The van der Waals surface area contributed by atoms with E-state index in [9.17, 15) is 8.78 Å². The Labute approximate surface area is 123 Å². The van der Waals surface area contributed by atoms with Crippen LogP contribution in [0.5, 0.6) is 11.5 Å². The maximum absolute atomic E-state index is 13.8. The highest BCUT2D eigenvalue weighted by Crippen LogP contribution is 2.31. The molecule has 2 nitrogen and oxygen atoms in total. The van der Waals surface area contributed by atoms with E-state index in [2.05, 4.69) is 13.8 Å². The van der Waals surface area contributed by atoms with Crippen LogP contribution in [0.25, 0.3) is 0 Å². The van der Waals surface area contributed by atoms with Gasteiger partial charge in [0.25, 0.3) is 0 Å². The number of benzene rings is 2. The molecule has 4 heteroatoms. The van der Waals surface area contributed by atoms with E-state index in [1.165, 1.54) is 5.56 Å². The molecule has 0 saturated heterocycles. The van der Waals surface area contributed by atoms with Gasteiger partial charge in [-0.25, -0.2) is 8.78 Å². The largest absolute Gasteiger partial charge is 0.451 e. The quantitative estimate of drug-likeness (QED) is 0.886. The third-order valence-electron chi connectivity index (χ3n) is 3.32. The van der Waals surface area contributed by atoms with Gasteiger partial charge >= 0.3 is 0 Å². The van der Waals surface area contributed by atoms with Crippen molar-refractivity contribution in [2.45, 2.75) is 33.3 Å². The Balaban J connectivity index is 2.32. The van der Waals surface area contributed by atoms with E-state index in [-0.39, 0.29) is 5.56 Å². The molecular weight excluding hydrogens is 274 g/mol. The summed E-state index contributed by atoms with van der Waals surface area (Å²) >= 11 is 0. The highest BCUT2D eigenvalue weighted by atomic mass is 19.1.